The van der Waals surface area contributed by atoms with Gasteiger partial charge in [-0.15, -0.1) is 0 Å². The molecule has 6 heteroatoms. The highest BCUT2D eigenvalue weighted by molar-refractivity contribution is 6.30. The summed E-state index contributed by atoms with van der Waals surface area (Å²) in [6.07, 6.45) is 3.12. The van der Waals surface area contributed by atoms with Crippen LogP contribution in [0.2, 0.25) is 5.28 Å². The fraction of sp³-hybridized carbons (Fsp3) is 0.133. The molecule has 0 amide bonds. The summed E-state index contributed by atoms with van der Waals surface area (Å²) in [5, 5.41) is 0.0593. The number of aromatic nitrogens is 2. The Labute approximate surface area is 126 Å². The number of hydrogen-bond donors (Lipinski definition) is 0. The number of nitrogens with zero attached hydrogens (tertiary/aromatic N) is 3. The number of ketones is 1. The molecule has 1 heterocycles. The van der Waals surface area contributed by atoms with Crippen LogP contribution in [0.4, 0.5) is 4.39 Å². The lowest BCUT2D eigenvalue weighted by Crippen LogP contribution is -2.10. The molecule has 2 aromatic rings. The van der Waals surface area contributed by atoms with Gasteiger partial charge in [-0.2, -0.15) is 0 Å². The van der Waals surface area contributed by atoms with E-state index < -0.39 is 5.82 Å². The average molecular weight is 306 g/mol. The van der Waals surface area contributed by atoms with Gasteiger partial charge in [-0.3, -0.25) is 4.79 Å². The molecule has 108 valence electrons. The number of allylic oxidation sites excluding steroid dienone is 1. The molecule has 0 saturated carbocycles. The Hall–Kier alpha value is -2.27. The minimum Gasteiger partial charge on any atom is -0.383 e. The minimum atomic E-state index is -0.394. The normalized spacial score (nSPS) is 11.3. The topological polar surface area (TPSA) is 46.1 Å². The summed E-state index contributed by atoms with van der Waals surface area (Å²) in [5.74, 6) is -0.659. The zero-order valence-corrected chi connectivity index (χ0v) is 12.3. The second-order valence-electron chi connectivity index (χ2n) is 4.55. The molecule has 0 spiro atoms. The fourth-order valence-electron chi connectivity index (χ4n) is 1.74. The lowest BCUT2D eigenvalue weighted by molar-refractivity contribution is 0.105. The van der Waals surface area contributed by atoms with Crippen LogP contribution in [0.1, 0.15) is 16.1 Å². The molecule has 0 radical (unpaired) electrons. The van der Waals surface area contributed by atoms with E-state index in [0.717, 1.165) is 0 Å². The van der Waals surface area contributed by atoms with Crippen molar-refractivity contribution in [2.24, 2.45) is 0 Å². The number of halogens is 2. The van der Waals surface area contributed by atoms with E-state index in [1.54, 1.807) is 31.3 Å². The van der Waals surface area contributed by atoms with Gasteiger partial charge in [0, 0.05) is 32.1 Å². The Kier molecular flexibility index (Phi) is 4.65. The second-order valence-corrected chi connectivity index (χ2v) is 4.89. The lowest BCUT2D eigenvalue weighted by atomic mass is 10.0. The van der Waals surface area contributed by atoms with Crippen molar-refractivity contribution in [1.29, 1.82) is 0 Å². The maximum atomic E-state index is 13.0. The SMILES string of the molecule is CN(C)/C=C(/C(=O)c1ccc(F)cc1)c1ccnc(Cl)n1. The number of Topliss-reactive ketones (excluding diaryl/α,β-unsaturated/α-hetero) is 1. The summed E-state index contributed by atoms with van der Waals surface area (Å²) < 4.78 is 13.0. The van der Waals surface area contributed by atoms with Crippen LogP contribution in [0.3, 0.4) is 0 Å². The third-order valence-electron chi connectivity index (χ3n) is 2.64. The molecule has 0 N–H and O–H groups in total. The predicted molar refractivity (Wildman–Crippen MR) is 79.4 cm³/mol. The molecule has 0 bridgehead atoms. The van der Waals surface area contributed by atoms with Crippen LogP contribution >= 0.6 is 11.6 Å². The van der Waals surface area contributed by atoms with Gasteiger partial charge in [0.1, 0.15) is 5.82 Å². The summed E-state index contributed by atoms with van der Waals surface area (Å²) in [6.45, 7) is 0. The van der Waals surface area contributed by atoms with E-state index in [0.29, 0.717) is 16.8 Å². The standard InChI is InChI=1S/C15H13ClFN3O/c1-20(2)9-12(13-7-8-18-15(16)19-13)14(21)10-3-5-11(17)6-4-10/h3-9H,1-2H3/b12-9+. The average Bonchev–Trinajstić information content (AvgIpc) is 2.44. The van der Waals surface area contributed by atoms with Crippen LogP contribution in [0, 0.1) is 5.82 Å². The van der Waals surface area contributed by atoms with Crippen molar-refractivity contribution in [2.45, 2.75) is 0 Å². The Morgan fingerprint density at radius 3 is 2.48 bits per heavy atom. The molecule has 0 aliphatic rings. The molecular weight excluding hydrogens is 293 g/mol. The van der Waals surface area contributed by atoms with Gasteiger partial charge < -0.3 is 4.90 Å². The van der Waals surface area contributed by atoms with E-state index in [2.05, 4.69) is 9.97 Å². The summed E-state index contributed by atoms with van der Waals surface area (Å²) in [5.41, 5.74) is 1.15. The first-order valence-corrected chi connectivity index (χ1v) is 6.52. The largest absolute Gasteiger partial charge is 0.383 e. The quantitative estimate of drug-likeness (QED) is 0.495. The first-order chi connectivity index (χ1) is 9.97. The highest BCUT2D eigenvalue weighted by Gasteiger charge is 2.16. The number of carbonyl (C=O) groups excluding carboxylic acids is 1. The molecule has 1 aromatic heterocycles. The highest BCUT2D eigenvalue weighted by Crippen LogP contribution is 2.19. The lowest BCUT2D eigenvalue weighted by Gasteiger charge is -2.11. The van der Waals surface area contributed by atoms with Crippen molar-refractivity contribution < 1.29 is 9.18 Å². The minimum absolute atomic E-state index is 0.0593. The molecule has 0 aliphatic heterocycles. The predicted octanol–water partition coefficient (Wildman–Crippen LogP) is 3.05. The summed E-state index contributed by atoms with van der Waals surface area (Å²) in [7, 11) is 3.58. The van der Waals surface area contributed by atoms with Gasteiger partial charge in [0.25, 0.3) is 0 Å². The number of carbonyl (C=O) groups is 1. The van der Waals surface area contributed by atoms with E-state index >= 15 is 0 Å². The van der Waals surface area contributed by atoms with Crippen LogP contribution in [0.5, 0.6) is 0 Å². The van der Waals surface area contributed by atoms with Gasteiger partial charge in [-0.1, -0.05) is 0 Å². The van der Waals surface area contributed by atoms with E-state index in [4.69, 9.17) is 11.6 Å². The van der Waals surface area contributed by atoms with Crippen LogP contribution < -0.4 is 0 Å². The Morgan fingerprint density at radius 2 is 1.90 bits per heavy atom. The smallest absolute Gasteiger partial charge is 0.222 e. The number of hydrogen-bond acceptors (Lipinski definition) is 4. The highest BCUT2D eigenvalue weighted by atomic mass is 35.5. The Balaban J connectivity index is 2.46. The maximum Gasteiger partial charge on any atom is 0.222 e. The van der Waals surface area contributed by atoms with Crippen molar-refractivity contribution in [3.05, 3.63) is 65.1 Å². The van der Waals surface area contributed by atoms with Gasteiger partial charge in [-0.05, 0) is 41.9 Å². The van der Waals surface area contributed by atoms with Crippen LogP contribution in [0.15, 0.2) is 42.7 Å². The third-order valence-corrected chi connectivity index (χ3v) is 2.82. The van der Waals surface area contributed by atoms with Gasteiger partial charge in [-0.25, -0.2) is 14.4 Å². The molecule has 4 nitrogen and oxygen atoms in total. The van der Waals surface area contributed by atoms with E-state index in [1.807, 2.05) is 0 Å². The Morgan fingerprint density at radius 1 is 1.24 bits per heavy atom. The van der Waals surface area contributed by atoms with Crippen molar-refractivity contribution in [1.82, 2.24) is 14.9 Å². The summed E-state index contributed by atoms with van der Waals surface area (Å²) in [4.78, 5) is 22.2. The van der Waals surface area contributed by atoms with Crippen LogP contribution in [-0.4, -0.2) is 34.7 Å². The maximum absolute atomic E-state index is 13.0. The molecule has 0 fully saturated rings. The first kappa shape index (κ1) is 15.1. The van der Waals surface area contributed by atoms with Crippen molar-refractivity contribution in [3.63, 3.8) is 0 Å². The third kappa shape index (κ3) is 3.86. The van der Waals surface area contributed by atoms with Gasteiger partial charge in [0.05, 0.1) is 11.3 Å². The van der Waals surface area contributed by atoms with E-state index in [-0.39, 0.29) is 11.1 Å². The zero-order valence-electron chi connectivity index (χ0n) is 11.5. The monoisotopic (exact) mass is 305 g/mol. The van der Waals surface area contributed by atoms with Crippen LogP contribution in [-0.2, 0) is 0 Å². The molecule has 0 atom stereocenters. The van der Waals surface area contributed by atoms with Gasteiger partial charge in [0.2, 0.25) is 5.28 Å². The van der Waals surface area contributed by atoms with Crippen LogP contribution in [0.25, 0.3) is 5.57 Å². The van der Waals surface area contributed by atoms with Crippen molar-refractivity contribution in [3.8, 4) is 0 Å². The van der Waals surface area contributed by atoms with E-state index in [1.165, 1.54) is 30.5 Å². The second kappa shape index (κ2) is 6.45. The molecule has 0 aliphatic carbocycles. The number of benzene rings is 1. The summed E-state index contributed by atoms with van der Waals surface area (Å²) in [6, 6.07) is 6.96. The fourth-order valence-corrected chi connectivity index (χ4v) is 1.89. The Bertz CT molecular complexity index is 684. The van der Waals surface area contributed by atoms with E-state index in [9.17, 15) is 9.18 Å². The molecule has 1 aromatic carbocycles. The van der Waals surface area contributed by atoms with Crippen molar-refractivity contribution in [2.75, 3.05) is 14.1 Å². The molecule has 2 rings (SSSR count). The molecule has 0 unspecified atom stereocenters. The van der Waals surface area contributed by atoms with Crippen molar-refractivity contribution >= 4 is 23.0 Å². The zero-order chi connectivity index (χ0) is 15.4. The summed E-state index contributed by atoms with van der Waals surface area (Å²) >= 11 is 5.77. The number of rotatable bonds is 4. The van der Waals surface area contributed by atoms with Gasteiger partial charge in [0.15, 0.2) is 5.78 Å². The van der Waals surface area contributed by atoms with Gasteiger partial charge >= 0.3 is 0 Å². The molecule has 21 heavy (non-hydrogen) atoms. The molecular formula is C15H13ClFN3O. The molecule has 0 saturated heterocycles. The first-order valence-electron chi connectivity index (χ1n) is 6.15.